The van der Waals surface area contributed by atoms with Gasteiger partial charge in [-0.3, -0.25) is 0 Å². The monoisotopic (exact) mass is 247 g/mol. The maximum Gasteiger partial charge on any atom is 0.418 e. The molecule has 17 heavy (non-hydrogen) atoms. The zero-order valence-corrected chi connectivity index (χ0v) is 9.97. The lowest BCUT2D eigenvalue weighted by Crippen LogP contribution is -2.26. The van der Waals surface area contributed by atoms with E-state index in [4.69, 9.17) is 5.11 Å². The van der Waals surface area contributed by atoms with Crippen molar-refractivity contribution in [3.8, 4) is 0 Å². The first-order valence-electron chi connectivity index (χ1n) is 5.22. The molecule has 0 saturated carbocycles. The fraction of sp³-hybridized carbons (Fsp3) is 0.500. The van der Waals surface area contributed by atoms with E-state index in [1.165, 1.54) is 24.3 Å². The molecule has 2 nitrogen and oxygen atoms in total. The van der Waals surface area contributed by atoms with E-state index in [2.05, 4.69) is 5.32 Å². The third kappa shape index (κ3) is 4.26. The van der Waals surface area contributed by atoms with Crippen molar-refractivity contribution in [1.29, 1.82) is 0 Å². The van der Waals surface area contributed by atoms with Crippen LogP contribution in [-0.4, -0.2) is 16.8 Å². The summed E-state index contributed by atoms with van der Waals surface area (Å²) in [7, 11) is 0. The average molecular weight is 247 g/mol. The number of nitrogens with one attached hydrogen (secondary N) is 1. The second-order valence-corrected chi connectivity index (χ2v) is 4.94. The molecule has 1 aromatic carbocycles. The molecule has 2 N–H and O–H groups in total. The van der Waals surface area contributed by atoms with Gasteiger partial charge in [-0.05, 0) is 38.5 Å². The van der Waals surface area contributed by atoms with Crippen molar-refractivity contribution in [3.05, 3.63) is 29.8 Å². The van der Waals surface area contributed by atoms with Gasteiger partial charge in [0, 0.05) is 11.2 Å². The molecule has 0 spiro atoms. The van der Waals surface area contributed by atoms with Gasteiger partial charge in [0.1, 0.15) is 0 Å². The van der Waals surface area contributed by atoms with Crippen LogP contribution in [0.15, 0.2) is 24.3 Å². The topological polar surface area (TPSA) is 32.3 Å². The molecule has 0 bridgehead atoms. The van der Waals surface area contributed by atoms with Crippen LogP contribution in [0.3, 0.4) is 0 Å². The molecular weight excluding hydrogens is 231 g/mol. The van der Waals surface area contributed by atoms with Crippen LogP contribution >= 0.6 is 0 Å². The van der Waals surface area contributed by atoms with E-state index in [1.807, 2.05) is 20.8 Å². The third-order valence-electron chi connectivity index (χ3n) is 2.06. The fourth-order valence-corrected chi connectivity index (χ4v) is 1.37. The van der Waals surface area contributed by atoms with Gasteiger partial charge in [0.2, 0.25) is 0 Å². The molecule has 1 atom stereocenters. The van der Waals surface area contributed by atoms with E-state index in [9.17, 15) is 13.2 Å². The molecule has 0 aromatic heterocycles. The van der Waals surface area contributed by atoms with Gasteiger partial charge in [-0.15, -0.1) is 0 Å². The van der Waals surface area contributed by atoms with Gasteiger partial charge in [0.05, 0.1) is 0 Å². The predicted octanol–water partition coefficient (Wildman–Crippen LogP) is 3.49. The zero-order chi connectivity index (χ0) is 13.3. The second kappa shape index (κ2) is 4.56. The molecule has 0 aliphatic carbocycles. The highest BCUT2D eigenvalue weighted by molar-refractivity contribution is 5.46. The summed E-state index contributed by atoms with van der Waals surface area (Å²) in [6.07, 6.45) is -7.05. The summed E-state index contributed by atoms with van der Waals surface area (Å²) in [4.78, 5) is 0. The summed E-state index contributed by atoms with van der Waals surface area (Å²) in [6.45, 7) is 5.85. The molecule has 0 radical (unpaired) electrons. The number of benzene rings is 1. The van der Waals surface area contributed by atoms with E-state index >= 15 is 0 Å². The van der Waals surface area contributed by atoms with Crippen molar-refractivity contribution < 1.29 is 18.3 Å². The zero-order valence-electron chi connectivity index (χ0n) is 9.97. The Morgan fingerprint density at radius 2 is 1.53 bits per heavy atom. The van der Waals surface area contributed by atoms with E-state index in [0.29, 0.717) is 0 Å². The number of aliphatic hydroxyl groups is 1. The maximum atomic E-state index is 12.2. The molecule has 0 fully saturated rings. The van der Waals surface area contributed by atoms with Crippen LogP contribution in [0, 0.1) is 0 Å². The van der Waals surface area contributed by atoms with Gasteiger partial charge in [0.25, 0.3) is 0 Å². The predicted molar refractivity (Wildman–Crippen MR) is 60.8 cm³/mol. The fourth-order valence-electron chi connectivity index (χ4n) is 1.37. The van der Waals surface area contributed by atoms with Gasteiger partial charge in [-0.2, -0.15) is 13.2 Å². The van der Waals surface area contributed by atoms with Crippen LogP contribution in [0.25, 0.3) is 0 Å². The molecule has 1 aromatic rings. The lowest BCUT2D eigenvalue weighted by molar-refractivity contribution is -0.206. The molecule has 0 aliphatic rings. The standard InChI is InChI=1S/C12H16F3NO/c1-11(2,3)16-9-6-4-8(5-7-9)10(17)12(13,14)15/h4-7,10,16-17H,1-3H3. The number of aliphatic hydroxyl groups excluding tert-OH is 1. The summed E-state index contributed by atoms with van der Waals surface area (Å²) in [5, 5.41) is 12.2. The second-order valence-electron chi connectivity index (χ2n) is 4.94. The average Bonchev–Trinajstić information content (AvgIpc) is 2.14. The summed E-state index contributed by atoms with van der Waals surface area (Å²) in [5.41, 5.74) is 0.400. The number of hydrogen-bond donors (Lipinski definition) is 2. The normalized spacial score (nSPS) is 14.5. The van der Waals surface area contributed by atoms with Crippen molar-refractivity contribution in [2.24, 2.45) is 0 Å². The van der Waals surface area contributed by atoms with Gasteiger partial charge >= 0.3 is 6.18 Å². The first-order chi connectivity index (χ1) is 7.59. The first kappa shape index (κ1) is 13.8. The van der Waals surface area contributed by atoms with Gasteiger partial charge < -0.3 is 10.4 Å². The summed E-state index contributed by atoms with van der Waals surface area (Å²) in [5.74, 6) is 0. The lowest BCUT2D eigenvalue weighted by atomic mass is 10.1. The number of alkyl halides is 3. The maximum absolute atomic E-state index is 12.2. The van der Waals surface area contributed by atoms with Gasteiger partial charge in [-0.1, -0.05) is 12.1 Å². The number of hydrogen-bond acceptors (Lipinski definition) is 2. The Kier molecular flexibility index (Phi) is 3.71. The highest BCUT2D eigenvalue weighted by atomic mass is 19.4. The van der Waals surface area contributed by atoms with Crippen LogP contribution < -0.4 is 5.32 Å². The molecule has 5 heteroatoms. The molecule has 1 unspecified atom stereocenters. The summed E-state index contributed by atoms with van der Waals surface area (Å²) < 4.78 is 36.7. The Morgan fingerprint density at radius 1 is 1.06 bits per heavy atom. The van der Waals surface area contributed by atoms with Crippen LogP contribution in [0.2, 0.25) is 0 Å². The molecule has 96 valence electrons. The molecule has 0 saturated heterocycles. The summed E-state index contributed by atoms with van der Waals surface area (Å²) in [6, 6.07) is 5.59. The Bertz CT molecular complexity index is 365. The van der Waals surface area contributed by atoms with Crippen LogP contribution in [0.4, 0.5) is 18.9 Å². The van der Waals surface area contributed by atoms with Crippen molar-refractivity contribution in [1.82, 2.24) is 0 Å². The van der Waals surface area contributed by atoms with Crippen molar-refractivity contribution >= 4 is 5.69 Å². The van der Waals surface area contributed by atoms with Gasteiger partial charge in [0.15, 0.2) is 6.10 Å². The first-order valence-corrected chi connectivity index (χ1v) is 5.22. The molecule has 0 amide bonds. The van der Waals surface area contributed by atoms with E-state index in [0.717, 1.165) is 5.69 Å². The lowest BCUT2D eigenvalue weighted by Gasteiger charge is -2.22. The Labute approximate surface area is 98.5 Å². The van der Waals surface area contributed by atoms with Crippen molar-refractivity contribution in [2.45, 2.75) is 38.6 Å². The third-order valence-corrected chi connectivity index (χ3v) is 2.06. The van der Waals surface area contributed by atoms with Crippen LogP contribution in [-0.2, 0) is 0 Å². The summed E-state index contributed by atoms with van der Waals surface area (Å²) >= 11 is 0. The number of anilines is 1. The minimum atomic E-state index is -4.63. The smallest absolute Gasteiger partial charge is 0.380 e. The minimum Gasteiger partial charge on any atom is -0.380 e. The van der Waals surface area contributed by atoms with Crippen LogP contribution in [0.5, 0.6) is 0 Å². The molecule has 0 heterocycles. The largest absolute Gasteiger partial charge is 0.418 e. The molecule has 0 aliphatic heterocycles. The Balaban J connectivity index is 2.82. The van der Waals surface area contributed by atoms with Crippen molar-refractivity contribution in [3.63, 3.8) is 0 Å². The van der Waals surface area contributed by atoms with Gasteiger partial charge in [-0.25, -0.2) is 0 Å². The molecular formula is C12H16F3NO. The van der Waals surface area contributed by atoms with Crippen molar-refractivity contribution in [2.75, 3.05) is 5.32 Å². The van der Waals surface area contributed by atoms with Crippen LogP contribution in [0.1, 0.15) is 32.4 Å². The van der Waals surface area contributed by atoms with E-state index in [1.54, 1.807) is 0 Å². The number of halogens is 3. The van der Waals surface area contributed by atoms with E-state index in [-0.39, 0.29) is 11.1 Å². The highest BCUT2D eigenvalue weighted by Crippen LogP contribution is 2.32. The Morgan fingerprint density at radius 3 is 1.88 bits per heavy atom. The highest BCUT2D eigenvalue weighted by Gasteiger charge is 2.39. The number of rotatable bonds is 2. The molecule has 1 rings (SSSR count). The van der Waals surface area contributed by atoms with E-state index < -0.39 is 12.3 Å². The Hall–Kier alpha value is -1.23. The SMILES string of the molecule is CC(C)(C)Nc1ccc(C(O)C(F)(F)F)cc1. The quantitative estimate of drug-likeness (QED) is 0.838. The minimum absolute atomic E-state index is 0.156.